The molecular formula is C17H21N5O4. The molecule has 9 heteroatoms. The van der Waals surface area contributed by atoms with E-state index in [1.54, 1.807) is 12.4 Å². The number of aliphatic hydroxyl groups excluding tert-OH is 1. The minimum absolute atomic E-state index is 0.113. The van der Waals surface area contributed by atoms with E-state index >= 15 is 0 Å². The Morgan fingerprint density at radius 3 is 2.54 bits per heavy atom. The summed E-state index contributed by atoms with van der Waals surface area (Å²) >= 11 is 0. The van der Waals surface area contributed by atoms with Gasteiger partial charge >= 0.3 is 6.01 Å². The van der Waals surface area contributed by atoms with Crippen molar-refractivity contribution in [3.05, 3.63) is 18.3 Å². The molecule has 3 aliphatic rings. The Balaban J connectivity index is 1.57. The number of methoxy groups -OCH3 is 1. The average Bonchev–Trinajstić information content (AvgIpc) is 3.14. The first-order valence-corrected chi connectivity index (χ1v) is 8.64. The highest BCUT2D eigenvalue weighted by Crippen LogP contribution is 2.53. The van der Waals surface area contributed by atoms with Crippen LogP contribution in [0.2, 0.25) is 0 Å². The Bertz CT molecular complexity index is 811. The first-order chi connectivity index (χ1) is 12.5. The molecular weight excluding hydrogens is 338 g/mol. The lowest BCUT2D eigenvalue weighted by atomic mass is 9.55. The molecule has 2 aromatic heterocycles. The van der Waals surface area contributed by atoms with Crippen molar-refractivity contribution in [3.8, 4) is 17.5 Å². The van der Waals surface area contributed by atoms with Crippen molar-refractivity contribution in [2.75, 3.05) is 7.11 Å². The van der Waals surface area contributed by atoms with Crippen molar-refractivity contribution >= 4 is 5.91 Å². The zero-order valence-corrected chi connectivity index (χ0v) is 14.7. The van der Waals surface area contributed by atoms with Gasteiger partial charge in [0.2, 0.25) is 11.8 Å². The number of carbonyl (C=O) groups excluding carboxylic acids is 1. The van der Waals surface area contributed by atoms with E-state index < -0.39 is 11.6 Å². The highest BCUT2D eigenvalue weighted by atomic mass is 16.5. The summed E-state index contributed by atoms with van der Waals surface area (Å²) in [6, 6.07) is 0.268. The summed E-state index contributed by atoms with van der Waals surface area (Å²) in [4.78, 5) is 19.6. The van der Waals surface area contributed by atoms with Crippen molar-refractivity contribution in [1.29, 1.82) is 0 Å². The molecule has 9 nitrogen and oxygen atoms in total. The quantitative estimate of drug-likeness (QED) is 0.828. The summed E-state index contributed by atoms with van der Waals surface area (Å²) in [5.41, 5.74) is -0.265. The van der Waals surface area contributed by atoms with Gasteiger partial charge in [0.25, 0.3) is 5.89 Å². The molecule has 0 radical (unpaired) electrons. The number of aromatic nitrogens is 4. The molecule has 0 aromatic carbocycles. The second kappa shape index (κ2) is 6.01. The number of nitrogens with zero attached hydrogens (tertiary/aromatic N) is 4. The molecule has 2 bridgehead atoms. The van der Waals surface area contributed by atoms with E-state index in [9.17, 15) is 9.90 Å². The molecule has 138 valence electrons. The summed E-state index contributed by atoms with van der Waals surface area (Å²) in [5.74, 6) is 0.757. The van der Waals surface area contributed by atoms with Crippen molar-refractivity contribution in [2.24, 2.45) is 0 Å². The van der Waals surface area contributed by atoms with Crippen LogP contribution in [-0.2, 0) is 10.2 Å². The van der Waals surface area contributed by atoms with E-state index in [1.807, 2.05) is 0 Å². The Morgan fingerprint density at radius 1 is 1.27 bits per heavy atom. The largest absolute Gasteiger partial charge is 0.467 e. The minimum Gasteiger partial charge on any atom is -0.467 e. The van der Waals surface area contributed by atoms with Crippen LogP contribution in [0.4, 0.5) is 0 Å². The molecule has 1 atom stereocenters. The highest BCUT2D eigenvalue weighted by Gasteiger charge is 2.57. The van der Waals surface area contributed by atoms with E-state index in [0.29, 0.717) is 36.6 Å². The summed E-state index contributed by atoms with van der Waals surface area (Å²) in [7, 11) is 1.50. The van der Waals surface area contributed by atoms with Crippen LogP contribution in [0.25, 0.3) is 11.5 Å². The van der Waals surface area contributed by atoms with Gasteiger partial charge in [-0.05, 0) is 32.1 Å². The summed E-state index contributed by atoms with van der Waals surface area (Å²) in [6.45, 7) is 1.49. The molecule has 3 fully saturated rings. The fourth-order valence-corrected chi connectivity index (χ4v) is 4.22. The average molecular weight is 359 g/mol. The number of amides is 1. The Labute approximate surface area is 150 Å². The van der Waals surface area contributed by atoms with E-state index in [0.717, 1.165) is 12.8 Å². The van der Waals surface area contributed by atoms with Gasteiger partial charge in [-0.25, -0.2) is 9.97 Å². The third-order valence-electron chi connectivity index (χ3n) is 5.68. The standard InChI is InChI=1S/C17H21N5O4/c1-10(23)20-17-5-3-16(4-6-17,7-12(17)24)14-22-21-13(26-14)11-8-18-15(25-2)19-9-11/h8-9,12,24H,3-7H2,1-2H3,(H,20,23). The van der Waals surface area contributed by atoms with Crippen molar-refractivity contribution in [2.45, 2.75) is 56.1 Å². The molecule has 26 heavy (non-hydrogen) atoms. The maximum absolute atomic E-state index is 11.5. The van der Waals surface area contributed by atoms with Crippen LogP contribution in [0.15, 0.2) is 16.8 Å². The van der Waals surface area contributed by atoms with E-state index in [2.05, 4.69) is 25.5 Å². The monoisotopic (exact) mass is 359 g/mol. The van der Waals surface area contributed by atoms with Crippen LogP contribution in [0.5, 0.6) is 6.01 Å². The number of aliphatic hydroxyl groups is 1. The summed E-state index contributed by atoms with van der Waals surface area (Å²) in [6.07, 6.45) is 5.95. The zero-order chi connectivity index (χ0) is 18.4. The third kappa shape index (κ3) is 2.63. The molecule has 0 spiro atoms. The van der Waals surface area contributed by atoms with Crippen LogP contribution in [0.1, 0.15) is 44.9 Å². The van der Waals surface area contributed by atoms with E-state index in [4.69, 9.17) is 9.15 Å². The number of fused-ring (bicyclic) bond motifs is 3. The van der Waals surface area contributed by atoms with Crippen LogP contribution in [-0.4, -0.2) is 49.9 Å². The Morgan fingerprint density at radius 2 is 1.96 bits per heavy atom. The molecule has 0 aliphatic heterocycles. The number of ether oxygens (including phenoxy) is 1. The molecule has 1 unspecified atom stereocenters. The maximum Gasteiger partial charge on any atom is 0.316 e. The third-order valence-corrected chi connectivity index (χ3v) is 5.68. The molecule has 3 saturated carbocycles. The molecule has 2 heterocycles. The van der Waals surface area contributed by atoms with Gasteiger partial charge in [-0.1, -0.05) is 0 Å². The topological polar surface area (TPSA) is 123 Å². The van der Waals surface area contributed by atoms with Crippen molar-refractivity contribution in [3.63, 3.8) is 0 Å². The van der Waals surface area contributed by atoms with Gasteiger partial charge in [-0.2, -0.15) is 0 Å². The predicted octanol–water partition coefficient (Wildman–Crippen LogP) is 0.986. The van der Waals surface area contributed by atoms with Gasteiger partial charge in [-0.3, -0.25) is 4.79 Å². The summed E-state index contributed by atoms with van der Waals surface area (Å²) in [5, 5.41) is 22.0. The molecule has 0 saturated heterocycles. The molecule has 5 rings (SSSR count). The first kappa shape index (κ1) is 16.9. The smallest absolute Gasteiger partial charge is 0.316 e. The summed E-state index contributed by atoms with van der Waals surface area (Å²) < 4.78 is 10.9. The van der Waals surface area contributed by atoms with Gasteiger partial charge in [0.1, 0.15) is 0 Å². The molecule has 2 aromatic rings. The van der Waals surface area contributed by atoms with Crippen LogP contribution < -0.4 is 10.1 Å². The lowest BCUT2D eigenvalue weighted by Crippen LogP contribution is -2.65. The highest BCUT2D eigenvalue weighted by molar-refractivity contribution is 5.74. The number of rotatable bonds is 4. The van der Waals surface area contributed by atoms with E-state index in [-0.39, 0.29) is 17.3 Å². The van der Waals surface area contributed by atoms with Crippen LogP contribution in [0, 0.1) is 0 Å². The number of nitrogens with one attached hydrogen (secondary N) is 1. The lowest BCUT2D eigenvalue weighted by Gasteiger charge is -2.54. The van der Waals surface area contributed by atoms with Gasteiger partial charge in [0.15, 0.2) is 0 Å². The fourth-order valence-electron chi connectivity index (χ4n) is 4.22. The zero-order valence-electron chi connectivity index (χ0n) is 14.7. The van der Waals surface area contributed by atoms with Crippen LogP contribution in [0.3, 0.4) is 0 Å². The van der Waals surface area contributed by atoms with Crippen molar-refractivity contribution in [1.82, 2.24) is 25.5 Å². The Kier molecular flexibility index (Phi) is 3.91. The van der Waals surface area contributed by atoms with Gasteiger partial charge < -0.3 is 19.6 Å². The molecule has 1 amide bonds. The minimum atomic E-state index is -0.631. The first-order valence-electron chi connectivity index (χ1n) is 8.64. The number of hydrogen-bond acceptors (Lipinski definition) is 8. The fraction of sp³-hybridized carbons (Fsp3) is 0.588. The number of hydrogen-bond donors (Lipinski definition) is 2. The van der Waals surface area contributed by atoms with Gasteiger partial charge in [0, 0.05) is 19.3 Å². The normalized spacial score (nSPS) is 30.2. The lowest BCUT2D eigenvalue weighted by molar-refractivity contribution is -0.128. The molecule has 3 aliphatic carbocycles. The Hall–Kier alpha value is -2.55. The van der Waals surface area contributed by atoms with Crippen LogP contribution >= 0.6 is 0 Å². The number of carbonyl (C=O) groups is 1. The molecule has 2 N–H and O–H groups in total. The van der Waals surface area contributed by atoms with Gasteiger partial charge in [0.05, 0.1) is 29.7 Å². The second-order valence-electron chi connectivity index (χ2n) is 7.21. The predicted molar refractivity (Wildman–Crippen MR) is 89.2 cm³/mol. The SMILES string of the molecule is COc1ncc(-c2nnc(C34CCC(NC(C)=O)(CC3)C(O)C4)o2)cn1. The van der Waals surface area contributed by atoms with E-state index in [1.165, 1.54) is 14.0 Å². The second-order valence-corrected chi connectivity index (χ2v) is 7.21. The van der Waals surface area contributed by atoms with Gasteiger partial charge in [-0.15, -0.1) is 10.2 Å². The maximum atomic E-state index is 11.5. The van der Waals surface area contributed by atoms with Crippen molar-refractivity contribution < 1.29 is 19.1 Å².